The summed E-state index contributed by atoms with van der Waals surface area (Å²) in [6.45, 7) is 2.02. The van der Waals surface area contributed by atoms with E-state index in [9.17, 15) is 9.50 Å². The molecule has 0 spiro atoms. The maximum Gasteiger partial charge on any atom is 0.127 e. The van der Waals surface area contributed by atoms with Crippen molar-refractivity contribution in [1.29, 1.82) is 0 Å². The monoisotopic (exact) mass is 336 g/mol. The van der Waals surface area contributed by atoms with E-state index in [2.05, 4.69) is 15.9 Å². The summed E-state index contributed by atoms with van der Waals surface area (Å²) in [6, 6.07) is 14.5. The molecule has 2 rings (SSSR count). The van der Waals surface area contributed by atoms with Crippen LogP contribution in [0.25, 0.3) is 0 Å². The van der Waals surface area contributed by atoms with Crippen LogP contribution in [0.5, 0.6) is 0 Å². The van der Waals surface area contributed by atoms with Gasteiger partial charge >= 0.3 is 0 Å². The Morgan fingerprint density at radius 1 is 1.15 bits per heavy atom. The van der Waals surface area contributed by atoms with Gasteiger partial charge in [0.05, 0.1) is 5.60 Å². The molecular formula is C17H18BrFO. The quantitative estimate of drug-likeness (QED) is 0.829. The number of halogens is 2. The molecule has 0 aliphatic rings. The van der Waals surface area contributed by atoms with Crippen LogP contribution >= 0.6 is 15.9 Å². The molecule has 106 valence electrons. The fraction of sp³-hybridized carbons (Fsp3) is 0.294. The molecule has 0 bridgehead atoms. The lowest BCUT2D eigenvalue weighted by atomic mass is 9.83. The molecule has 0 amide bonds. The second kappa shape index (κ2) is 6.51. The Hall–Kier alpha value is -1.19. The Morgan fingerprint density at radius 2 is 1.85 bits per heavy atom. The minimum absolute atomic E-state index is 0.282. The van der Waals surface area contributed by atoms with Crippen molar-refractivity contribution in [2.75, 3.05) is 0 Å². The molecule has 0 aliphatic heterocycles. The van der Waals surface area contributed by atoms with Crippen LogP contribution in [0, 0.1) is 5.82 Å². The number of hydrogen-bond acceptors (Lipinski definition) is 1. The minimum atomic E-state index is -1.02. The second-order valence-electron chi connectivity index (χ2n) is 5.06. The van der Waals surface area contributed by atoms with Crippen LogP contribution in [0.4, 0.5) is 4.39 Å². The molecule has 2 aromatic rings. The highest BCUT2D eigenvalue weighted by atomic mass is 79.9. The summed E-state index contributed by atoms with van der Waals surface area (Å²) in [4.78, 5) is 0. The lowest BCUT2D eigenvalue weighted by molar-refractivity contribution is 0.0261. The predicted octanol–water partition coefficient (Wildman–Crippen LogP) is 4.82. The second-order valence-corrected chi connectivity index (χ2v) is 5.98. The van der Waals surface area contributed by atoms with Gasteiger partial charge in [-0.3, -0.25) is 0 Å². The van der Waals surface area contributed by atoms with Gasteiger partial charge in [-0.25, -0.2) is 4.39 Å². The van der Waals surface area contributed by atoms with Gasteiger partial charge in [0.15, 0.2) is 0 Å². The van der Waals surface area contributed by atoms with Crippen molar-refractivity contribution >= 4 is 15.9 Å². The average molecular weight is 337 g/mol. The summed E-state index contributed by atoms with van der Waals surface area (Å²) >= 11 is 3.25. The largest absolute Gasteiger partial charge is 0.385 e. The predicted molar refractivity (Wildman–Crippen MR) is 83.1 cm³/mol. The minimum Gasteiger partial charge on any atom is -0.385 e. The van der Waals surface area contributed by atoms with Crippen LogP contribution in [-0.4, -0.2) is 5.11 Å². The molecule has 0 saturated carbocycles. The van der Waals surface area contributed by atoms with E-state index in [1.165, 1.54) is 6.07 Å². The van der Waals surface area contributed by atoms with Crippen LogP contribution in [0.1, 0.15) is 30.9 Å². The Morgan fingerprint density at radius 3 is 2.45 bits per heavy atom. The first-order valence-electron chi connectivity index (χ1n) is 6.77. The molecule has 1 nitrogen and oxygen atoms in total. The fourth-order valence-electron chi connectivity index (χ4n) is 2.48. The third-order valence-electron chi connectivity index (χ3n) is 3.47. The van der Waals surface area contributed by atoms with Crippen LogP contribution in [0.15, 0.2) is 53.0 Å². The van der Waals surface area contributed by atoms with Gasteiger partial charge in [-0.1, -0.05) is 65.7 Å². The van der Waals surface area contributed by atoms with E-state index in [4.69, 9.17) is 0 Å². The topological polar surface area (TPSA) is 20.2 Å². The third kappa shape index (κ3) is 3.47. The highest BCUT2D eigenvalue weighted by Crippen LogP contribution is 2.31. The molecule has 1 atom stereocenters. The highest BCUT2D eigenvalue weighted by Gasteiger charge is 2.29. The normalized spacial score (nSPS) is 14.0. The maximum atomic E-state index is 14.0. The van der Waals surface area contributed by atoms with E-state index >= 15 is 0 Å². The SMILES string of the molecule is CCCC(O)(Cc1ccc(Br)cc1F)c1ccccc1. The van der Waals surface area contributed by atoms with Crippen molar-refractivity contribution in [1.82, 2.24) is 0 Å². The van der Waals surface area contributed by atoms with Crippen molar-refractivity contribution in [2.45, 2.75) is 31.8 Å². The first kappa shape index (κ1) is 15.2. The van der Waals surface area contributed by atoms with Crippen LogP contribution in [0.3, 0.4) is 0 Å². The molecule has 20 heavy (non-hydrogen) atoms. The molecule has 0 radical (unpaired) electrons. The van der Waals surface area contributed by atoms with Gasteiger partial charge in [-0.05, 0) is 29.7 Å². The van der Waals surface area contributed by atoms with Gasteiger partial charge in [0.25, 0.3) is 0 Å². The lowest BCUT2D eigenvalue weighted by Crippen LogP contribution is -2.28. The number of aliphatic hydroxyl groups is 1. The van der Waals surface area contributed by atoms with E-state index in [-0.39, 0.29) is 12.2 Å². The zero-order valence-corrected chi connectivity index (χ0v) is 13.0. The summed E-state index contributed by atoms with van der Waals surface area (Å²) < 4.78 is 14.7. The molecule has 0 fully saturated rings. The first-order chi connectivity index (χ1) is 9.55. The van der Waals surface area contributed by atoms with Gasteiger partial charge in [-0.15, -0.1) is 0 Å². The Labute approximate surface area is 127 Å². The van der Waals surface area contributed by atoms with Gasteiger partial charge in [0.1, 0.15) is 5.82 Å². The molecule has 3 heteroatoms. The van der Waals surface area contributed by atoms with Crippen LogP contribution in [0.2, 0.25) is 0 Å². The van der Waals surface area contributed by atoms with E-state index in [1.807, 2.05) is 37.3 Å². The zero-order valence-electron chi connectivity index (χ0n) is 11.4. The molecule has 0 aliphatic carbocycles. The molecule has 0 aromatic heterocycles. The summed E-state index contributed by atoms with van der Waals surface area (Å²) in [7, 11) is 0. The van der Waals surface area contributed by atoms with Crippen LogP contribution in [-0.2, 0) is 12.0 Å². The number of rotatable bonds is 5. The van der Waals surface area contributed by atoms with Gasteiger partial charge in [0.2, 0.25) is 0 Å². The van der Waals surface area contributed by atoms with Crippen molar-refractivity contribution < 1.29 is 9.50 Å². The summed E-state index contributed by atoms with van der Waals surface area (Å²) in [5.74, 6) is -0.287. The van der Waals surface area contributed by atoms with Crippen molar-refractivity contribution in [2.24, 2.45) is 0 Å². The molecule has 0 saturated heterocycles. The standard InChI is InChI=1S/C17H18BrFO/c1-2-10-17(20,14-6-4-3-5-7-14)12-13-8-9-15(18)11-16(13)19/h3-9,11,20H,2,10,12H2,1H3. The van der Waals surface area contributed by atoms with E-state index in [0.29, 0.717) is 16.5 Å². The summed E-state index contributed by atoms with van der Waals surface area (Å²) in [6.07, 6.45) is 1.72. The third-order valence-corrected chi connectivity index (χ3v) is 3.97. The molecule has 0 heterocycles. The smallest absolute Gasteiger partial charge is 0.127 e. The van der Waals surface area contributed by atoms with E-state index in [0.717, 1.165) is 12.0 Å². The van der Waals surface area contributed by atoms with Crippen molar-refractivity contribution in [3.05, 3.63) is 69.9 Å². The molecule has 1 unspecified atom stereocenters. The first-order valence-corrected chi connectivity index (χ1v) is 7.56. The molecule has 1 N–H and O–H groups in total. The molecular weight excluding hydrogens is 319 g/mol. The number of hydrogen-bond donors (Lipinski definition) is 1. The summed E-state index contributed by atoms with van der Waals surface area (Å²) in [5.41, 5.74) is 0.349. The van der Waals surface area contributed by atoms with E-state index in [1.54, 1.807) is 12.1 Å². The zero-order chi connectivity index (χ0) is 14.6. The maximum absolute atomic E-state index is 14.0. The highest BCUT2D eigenvalue weighted by molar-refractivity contribution is 9.10. The average Bonchev–Trinajstić information content (AvgIpc) is 2.43. The Bertz CT molecular complexity index is 570. The Balaban J connectivity index is 2.34. The van der Waals surface area contributed by atoms with Crippen LogP contribution < -0.4 is 0 Å². The lowest BCUT2D eigenvalue weighted by Gasteiger charge is -2.29. The van der Waals surface area contributed by atoms with Crippen molar-refractivity contribution in [3.8, 4) is 0 Å². The van der Waals surface area contributed by atoms with Crippen molar-refractivity contribution in [3.63, 3.8) is 0 Å². The van der Waals surface area contributed by atoms with Gasteiger partial charge in [-0.2, -0.15) is 0 Å². The van der Waals surface area contributed by atoms with Gasteiger partial charge < -0.3 is 5.11 Å². The molecule has 2 aromatic carbocycles. The number of benzene rings is 2. The van der Waals surface area contributed by atoms with E-state index < -0.39 is 5.60 Å². The fourth-order valence-corrected chi connectivity index (χ4v) is 2.81. The Kier molecular flexibility index (Phi) is 4.95. The summed E-state index contributed by atoms with van der Waals surface area (Å²) in [5, 5.41) is 11.0. The van der Waals surface area contributed by atoms with Gasteiger partial charge in [0, 0.05) is 10.9 Å².